The van der Waals surface area contributed by atoms with Gasteiger partial charge < -0.3 is 9.73 Å². The molecule has 3 aromatic rings. The van der Waals surface area contributed by atoms with E-state index in [0.717, 1.165) is 5.56 Å². The van der Waals surface area contributed by atoms with Gasteiger partial charge in [-0.15, -0.1) is 0 Å². The van der Waals surface area contributed by atoms with Gasteiger partial charge in [0.15, 0.2) is 11.2 Å². The SMILES string of the molecule is CC(=O)c1ccc(NC(=O)/C=C/c2coc3ccc(C)cc3c2=O)cc1. The number of benzene rings is 2. The van der Waals surface area contributed by atoms with E-state index in [1.165, 1.54) is 25.3 Å². The van der Waals surface area contributed by atoms with E-state index in [4.69, 9.17) is 4.42 Å². The maximum atomic E-state index is 12.5. The van der Waals surface area contributed by atoms with Crippen molar-refractivity contribution in [3.05, 3.63) is 81.7 Å². The van der Waals surface area contributed by atoms with Gasteiger partial charge in [0, 0.05) is 17.3 Å². The topological polar surface area (TPSA) is 76.4 Å². The lowest BCUT2D eigenvalue weighted by atomic mass is 10.1. The molecule has 3 rings (SSSR count). The first-order valence-electron chi connectivity index (χ1n) is 8.06. The molecular weight excluding hydrogens is 330 g/mol. The molecule has 0 radical (unpaired) electrons. The van der Waals surface area contributed by atoms with E-state index in [1.807, 2.05) is 13.0 Å². The van der Waals surface area contributed by atoms with Crippen LogP contribution < -0.4 is 10.7 Å². The summed E-state index contributed by atoms with van der Waals surface area (Å²) in [6.45, 7) is 3.37. The monoisotopic (exact) mass is 347 g/mol. The van der Waals surface area contributed by atoms with Gasteiger partial charge in [-0.05, 0) is 56.3 Å². The van der Waals surface area contributed by atoms with Gasteiger partial charge in [0.05, 0.1) is 10.9 Å². The minimum Gasteiger partial charge on any atom is -0.463 e. The summed E-state index contributed by atoms with van der Waals surface area (Å²) in [5.74, 6) is -0.426. The van der Waals surface area contributed by atoms with Gasteiger partial charge in [-0.3, -0.25) is 14.4 Å². The molecule has 26 heavy (non-hydrogen) atoms. The third kappa shape index (κ3) is 3.78. The molecule has 5 heteroatoms. The molecule has 0 aliphatic heterocycles. The molecule has 0 atom stereocenters. The average molecular weight is 347 g/mol. The van der Waals surface area contributed by atoms with E-state index in [2.05, 4.69) is 5.32 Å². The van der Waals surface area contributed by atoms with Crippen molar-refractivity contribution in [3.8, 4) is 0 Å². The molecule has 0 bridgehead atoms. The van der Waals surface area contributed by atoms with Crippen molar-refractivity contribution in [2.24, 2.45) is 0 Å². The molecule has 0 aliphatic rings. The summed E-state index contributed by atoms with van der Waals surface area (Å²) in [5, 5.41) is 3.15. The molecule has 130 valence electrons. The predicted octanol–water partition coefficient (Wildman–Crippen LogP) is 3.96. The number of nitrogens with one attached hydrogen (secondary N) is 1. The van der Waals surface area contributed by atoms with Crippen molar-refractivity contribution >= 4 is 34.4 Å². The highest BCUT2D eigenvalue weighted by atomic mass is 16.3. The van der Waals surface area contributed by atoms with E-state index < -0.39 is 0 Å². The first-order valence-corrected chi connectivity index (χ1v) is 8.06. The molecule has 5 nitrogen and oxygen atoms in total. The van der Waals surface area contributed by atoms with Crippen LogP contribution in [-0.2, 0) is 4.79 Å². The van der Waals surface area contributed by atoms with Gasteiger partial charge >= 0.3 is 0 Å². The first-order chi connectivity index (χ1) is 12.4. The number of amides is 1. The summed E-state index contributed by atoms with van der Waals surface area (Å²) in [4.78, 5) is 35.8. The maximum Gasteiger partial charge on any atom is 0.248 e. The number of fused-ring (bicyclic) bond motifs is 1. The van der Waals surface area contributed by atoms with Crippen LogP contribution in [0.25, 0.3) is 17.0 Å². The molecule has 1 aromatic heterocycles. The molecule has 1 amide bonds. The second kappa shape index (κ2) is 7.19. The molecule has 0 fully saturated rings. The van der Waals surface area contributed by atoms with E-state index in [9.17, 15) is 14.4 Å². The Balaban J connectivity index is 1.78. The number of carbonyl (C=O) groups is 2. The van der Waals surface area contributed by atoms with Crippen LogP contribution in [0.2, 0.25) is 0 Å². The van der Waals surface area contributed by atoms with Gasteiger partial charge in [-0.1, -0.05) is 11.6 Å². The fourth-order valence-electron chi connectivity index (χ4n) is 2.51. The van der Waals surface area contributed by atoms with Crippen LogP contribution in [0.3, 0.4) is 0 Å². The highest BCUT2D eigenvalue weighted by Gasteiger charge is 2.06. The number of ketones is 1. The third-order valence-electron chi connectivity index (χ3n) is 3.93. The molecule has 2 aromatic carbocycles. The summed E-state index contributed by atoms with van der Waals surface area (Å²) in [6, 6.07) is 12.0. The summed E-state index contributed by atoms with van der Waals surface area (Å²) in [5.41, 5.74) is 2.70. The number of carbonyl (C=O) groups excluding carboxylic acids is 2. The lowest BCUT2D eigenvalue weighted by molar-refractivity contribution is -0.111. The zero-order valence-electron chi connectivity index (χ0n) is 14.4. The first kappa shape index (κ1) is 17.4. The molecule has 1 heterocycles. The smallest absolute Gasteiger partial charge is 0.248 e. The van der Waals surface area contributed by atoms with Crippen LogP contribution >= 0.6 is 0 Å². The standard InChI is InChI=1S/C21H17NO4/c1-13-3-9-19-18(11-13)21(25)16(12-26-19)6-10-20(24)22-17-7-4-15(5-8-17)14(2)23/h3-12H,1-2H3,(H,22,24)/b10-6+. The van der Waals surface area contributed by atoms with Crippen LogP contribution in [-0.4, -0.2) is 11.7 Å². The Labute approximate surface area is 150 Å². The summed E-state index contributed by atoms with van der Waals surface area (Å²) < 4.78 is 5.45. The second-order valence-electron chi connectivity index (χ2n) is 5.98. The average Bonchev–Trinajstić information content (AvgIpc) is 2.62. The molecule has 0 saturated carbocycles. The van der Waals surface area contributed by atoms with Crippen molar-refractivity contribution < 1.29 is 14.0 Å². The van der Waals surface area contributed by atoms with Crippen LogP contribution in [0.1, 0.15) is 28.4 Å². The molecule has 0 saturated heterocycles. The van der Waals surface area contributed by atoms with Gasteiger partial charge in [0.1, 0.15) is 11.8 Å². The summed E-state index contributed by atoms with van der Waals surface area (Å²) in [7, 11) is 0. The van der Waals surface area contributed by atoms with Gasteiger partial charge in [-0.2, -0.15) is 0 Å². The van der Waals surface area contributed by atoms with Crippen molar-refractivity contribution in [3.63, 3.8) is 0 Å². The minimum atomic E-state index is -0.385. The lowest BCUT2D eigenvalue weighted by Crippen LogP contribution is -2.09. The summed E-state index contributed by atoms with van der Waals surface area (Å²) in [6.07, 6.45) is 4.03. The van der Waals surface area contributed by atoms with Gasteiger partial charge in [0.2, 0.25) is 5.91 Å². The third-order valence-corrected chi connectivity index (χ3v) is 3.93. The van der Waals surface area contributed by atoms with Gasteiger partial charge in [-0.25, -0.2) is 0 Å². The van der Waals surface area contributed by atoms with E-state index in [0.29, 0.717) is 27.8 Å². The minimum absolute atomic E-state index is 0.0407. The Morgan fingerprint density at radius 1 is 1.08 bits per heavy atom. The Kier molecular flexibility index (Phi) is 4.80. The fraction of sp³-hybridized carbons (Fsp3) is 0.0952. The Morgan fingerprint density at radius 3 is 2.50 bits per heavy atom. The number of Topliss-reactive ketones (excluding diaryl/α,β-unsaturated/α-hetero) is 1. The normalized spacial score (nSPS) is 11.0. The maximum absolute atomic E-state index is 12.5. The quantitative estimate of drug-likeness (QED) is 0.572. The van der Waals surface area contributed by atoms with Gasteiger partial charge in [0.25, 0.3) is 0 Å². The zero-order chi connectivity index (χ0) is 18.7. The number of rotatable bonds is 4. The van der Waals surface area contributed by atoms with Crippen LogP contribution in [0.15, 0.2) is 64.0 Å². The summed E-state index contributed by atoms with van der Waals surface area (Å²) >= 11 is 0. The largest absolute Gasteiger partial charge is 0.463 e. The van der Waals surface area contributed by atoms with Crippen molar-refractivity contribution in [2.75, 3.05) is 5.32 Å². The number of hydrogen-bond acceptors (Lipinski definition) is 4. The van der Waals surface area contributed by atoms with E-state index in [-0.39, 0.29) is 17.1 Å². The molecule has 0 spiro atoms. The highest BCUT2D eigenvalue weighted by Crippen LogP contribution is 2.14. The van der Waals surface area contributed by atoms with Crippen LogP contribution in [0.4, 0.5) is 5.69 Å². The van der Waals surface area contributed by atoms with E-state index >= 15 is 0 Å². The Hall–Kier alpha value is -3.47. The van der Waals surface area contributed by atoms with Crippen molar-refractivity contribution in [2.45, 2.75) is 13.8 Å². The second-order valence-corrected chi connectivity index (χ2v) is 5.98. The van der Waals surface area contributed by atoms with Crippen LogP contribution in [0, 0.1) is 6.92 Å². The van der Waals surface area contributed by atoms with Crippen molar-refractivity contribution in [1.82, 2.24) is 0 Å². The number of anilines is 1. The number of hydrogen-bond donors (Lipinski definition) is 1. The van der Waals surface area contributed by atoms with E-state index in [1.54, 1.807) is 36.4 Å². The zero-order valence-corrected chi connectivity index (χ0v) is 14.4. The Morgan fingerprint density at radius 2 is 1.81 bits per heavy atom. The fourth-order valence-corrected chi connectivity index (χ4v) is 2.51. The van der Waals surface area contributed by atoms with Crippen molar-refractivity contribution in [1.29, 1.82) is 0 Å². The number of aryl methyl sites for hydroxylation is 1. The molecular formula is C21H17NO4. The molecule has 1 N–H and O–H groups in total. The van der Waals surface area contributed by atoms with Crippen LogP contribution in [0.5, 0.6) is 0 Å². The highest BCUT2D eigenvalue weighted by molar-refractivity contribution is 6.02. The molecule has 0 unspecified atom stereocenters. The Bertz CT molecular complexity index is 1080. The predicted molar refractivity (Wildman–Crippen MR) is 101 cm³/mol. The lowest BCUT2D eigenvalue weighted by Gasteiger charge is -2.03. The molecule has 0 aliphatic carbocycles.